The average Bonchev–Trinajstić information content (AvgIpc) is 2.69. The summed E-state index contributed by atoms with van der Waals surface area (Å²) in [6.07, 6.45) is 0. The standard InChI is InChI=1S/C21H23N3O2/c1-2-26-20-6-4-3-5-19(20)21(25)24-13-11-23(12-14-24)16-18-9-7-17(15-22)8-10-18/h3-10H,2,11-14,16H2,1H3. The normalized spacial score (nSPS) is 14.7. The topological polar surface area (TPSA) is 56.6 Å². The van der Waals surface area contributed by atoms with E-state index in [0.29, 0.717) is 36.6 Å². The van der Waals surface area contributed by atoms with E-state index in [0.717, 1.165) is 19.6 Å². The van der Waals surface area contributed by atoms with Gasteiger partial charge in [0.05, 0.1) is 23.8 Å². The molecule has 3 rings (SSSR count). The van der Waals surface area contributed by atoms with Crippen LogP contribution in [0.3, 0.4) is 0 Å². The Morgan fingerprint density at radius 2 is 1.77 bits per heavy atom. The average molecular weight is 349 g/mol. The van der Waals surface area contributed by atoms with E-state index in [1.54, 1.807) is 0 Å². The lowest BCUT2D eigenvalue weighted by molar-refractivity contribution is 0.0624. The molecular formula is C21H23N3O2. The highest BCUT2D eigenvalue weighted by Crippen LogP contribution is 2.21. The first-order valence-corrected chi connectivity index (χ1v) is 8.93. The van der Waals surface area contributed by atoms with Gasteiger partial charge in [0.15, 0.2) is 0 Å². The van der Waals surface area contributed by atoms with Crippen LogP contribution in [-0.2, 0) is 6.54 Å². The Morgan fingerprint density at radius 3 is 2.42 bits per heavy atom. The predicted octanol–water partition coefficient (Wildman–Crippen LogP) is 2.91. The summed E-state index contributed by atoms with van der Waals surface area (Å²) in [5.41, 5.74) is 2.50. The Hall–Kier alpha value is -2.84. The lowest BCUT2D eigenvalue weighted by atomic mass is 10.1. The molecule has 1 heterocycles. The largest absolute Gasteiger partial charge is 0.493 e. The maximum absolute atomic E-state index is 12.8. The van der Waals surface area contributed by atoms with Gasteiger partial charge in [-0.15, -0.1) is 0 Å². The van der Waals surface area contributed by atoms with Gasteiger partial charge in [-0.3, -0.25) is 9.69 Å². The first-order valence-electron chi connectivity index (χ1n) is 8.93. The summed E-state index contributed by atoms with van der Waals surface area (Å²) in [6.45, 7) is 6.38. The molecule has 1 amide bonds. The zero-order valence-corrected chi connectivity index (χ0v) is 15.0. The molecule has 0 unspecified atom stereocenters. The van der Waals surface area contributed by atoms with Gasteiger partial charge in [-0.1, -0.05) is 24.3 Å². The lowest BCUT2D eigenvalue weighted by Gasteiger charge is -2.35. The molecule has 0 N–H and O–H groups in total. The van der Waals surface area contributed by atoms with Crippen molar-refractivity contribution >= 4 is 5.91 Å². The van der Waals surface area contributed by atoms with E-state index >= 15 is 0 Å². The monoisotopic (exact) mass is 349 g/mol. The van der Waals surface area contributed by atoms with Crippen LogP contribution in [0.5, 0.6) is 5.75 Å². The van der Waals surface area contributed by atoms with Crippen molar-refractivity contribution in [3.8, 4) is 11.8 Å². The summed E-state index contributed by atoms with van der Waals surface area (Å²) >= 11 is 0. The quantitative estimate of drug-likeness (QED) is 0.833. The second-order valence-corrected chi connectivity index (χ2v) is 6.31. The minimum Gasteiger partial charge on any atom is -0.493 e. The Kier molecular flexibility index (Phi) is 5.88. The summed E-state index contributed by atoms with van der Waals surface area (Å²) in [5.74, 6) is 0.687. The number of benzene rings is 2. The third-order valence-electron chi connectivity index (χ3n) is 4.57. The number of hydrogen-bond donors (Lipinski definition) is 0. The molecule has 0 saturated carbocycles. The first kappa shape index (κ1) is 18.0. The molecule has 2 aromatic carbocycles. The number of piperazine rings is 1. The van der Waals surface area contributed by atoms with Crippen molar-refractivity contribution in [1.29, 1.82) is 5.26 Å². The van der Waals surface area contributed by atoms with Crippen molar-refractivity contribution in [1.82, 2.24) is 9.80 Å². The van der Waals surface area contributed by atoms with E-state index in [1.165, 1.54) is 5.56 Å². The molecule has 0 spiro atoms. The fraction of sp³-hybridized carbons (Fsp3) is 0.333. The predicted molar refractivity (Wildman–Crippen MR) is 99.9 cm³/mol. The summed E-state index contributed by atoms with van der Waals surface area (Å²) in [6, 6.07) is 17.3. The Balaban J connectivity index is 1.58. The minimum atomic E-state index is 0.0343. The van der Waals surface area contributed by atoms with Crippen LogP contribution in [-0.4, -0.2) is 48.5 Å². The van der Waals surface area contributed by atoms with Crippen LogP contribution in [0.15, 0.2) is 48.5 Å². The molecule has 0 aliphatic carbocycles. The molecule has 5 heteroatoms. The summed E-state index contributed by atoms with van der Waals surface area (Å²) in [7, 11) is 0. The highest BCUT2D eigenvalue weighted by atomic mass is 16.5. The fourth-order valence-electron chi connectivity index (χ4n) is 3.15. The van der Waals surface area contributed by atoms with Crippen LogP contribution in [0.4, 0.5) is 0 Å². The van der Waals surface area contributed by atoms with Crippen LogP contribution in [0.1, 0.15) is 28.4 Å². The second kappa shape index (κ2) is 8.50. The molecule has 134 valence electrons. The molecule has 0 radical (unpaired) electrons. The number of rotatable bonds is 5. The number of ether oxygens (including phenoxy) is 1. The Labute approximate surface area is 154 Å². The van der Waals surface area contributed by atoms with E-state index < -0.39 is 0 Å². The molecule has 1 aliphatic rings. The molecular weight excluding hydrogens is 326 g/mol. The Bertz CT molecular complexity index is 788. The van der Waals surface area contributed by atoms with Gasteiger partial charge in [-0.05, 0) is 36.8 Å². The van der Waals surface area contributed by atoms with Gasteiger partial charge in [0.2, 0.25) is 0 Å². The molecule has 0 atom stereocenters. The van der Waals surface area contributed by atoms with Crippen molar-refractivity contribution in [2.75, 3.05) is 32.8 Å². The maximum atomic E-state index is 12.8. The van der Waals surface area contributed by atoms with Gasteiger partial charge in [-0.25, -0.2) is 0 Å². The van der Waals surface area contributed by atoms with Crippen LogP contribution < -0.4 is 4.74 Å². The van der Waals surface area contributed by atoms with E-state index in [4.69, 9.17) is 10.00 Å². The molecule has 5 nitrogen and oxygen atoms in total. The molecule has 0 aromatic heterocycles. The van der Waals surface area contributed by atoms with Gasteiger partial charge in [0.25, 0.3) is 5.91 Å². The molecule has 0 bridgehead atoms. The number of hydrogen-bond acceptors (Lipinski definition) is 4. The highest BCUT2D eigenvalue weighted by molar-refractivity contribution is 5.97. The summed E-state index contributed by atoms with van der Waals surface area (Å²) in [5, 5.41) is 8.87. The van der Waals surface area contributed by atoms with Crippen molar-refractivity contribution in [3.05, 3.63) is 65.2 Å². The molecule has 26 heavy (non-hydrogen) atoms. The third kappa shape index (κ3) is 4.22. The summed E-state index contributed by atoms with van der Waals surface area (Å²) < 4.78 is 5.59. The van der Waals surface area contributed by atoms with E-state index in [9.17, 15) is 4.79 Å². The van der Waals surface area contributed by atoms with Crippen LogP contribution in [0, 0.1) is 11.3 Å². The van der Waals surface area contributed by atoms with Gasteiger partial charge in [-0.2, -0.15) is 5.26 Å². The van der Waals surface area contributed by atoms with Crippen molar-refractivity contribution < 1.29 is 9.53 Å². The van der Waals surface area contributed by atoms with Crippen molar-refractivity contribution in [2.45, 2.75) is 13.5 Å². The third-order valence-corrected chi connectivity index (χ3v) is 4.57. The van der Waals surface area contributed by atoms with Crippen molar-refractivity contribution in [2.24, 2.45) is 0 Å². The number of carbonyl (C=O) groups is 1. The summed E-state index contributed by atoms with van der Waals surface area (Å²) in [4.78, 5) is 17.1. The number of amides is 1. The number of nitrogens with zero attached hydrogens (tertiary/aromatic N) is 3. The molecule has 2 aromatic rings. The smallest absolute Gasteiger partial charge is 0.257 e. The SMILES string of the molecule is CCOc1ccccc1C(=O)N1CCN(Cc2ccc(C#N)cc2)CC1. The van der Waals surface area contributed by atoms with Crippen molar-refractivity contribution in [3.63, 3.8) is 0 Å². The van der Waals surface area contributed by atoms with Gasteiger partial charge in [0.1, 0.15) is 5.75 Å². The molecule has 1 aliphatic heterocycles. The van der Waals surface area contributed by atoms with Gasteiger partial charge in [0, 0.05) is 32.7 Å². The number of nitriles is 1. The zero-order valence-electron chi connectivity index (χ0n) is 15.0. The maximum Gasteiger partial charge on any atom is 0.257 e. The Morgan fingerprint density at radius 1 is 1.08 bits per heavy atom. The van der Waals surface area contributed by atoms with E-state index in [2.05, 4.69) is 11.0 Å². The second-order valence-electron chi connectivity index (χ2n) is 6.31. The van der Waals surface area contributed by atoms with Crippen LogP contribution in [0.2, 0.25) is 0 Å². The first-order chi connectivity index (χ1) is 12.7. The molecule has 1 fully saturated rings. The number of para-hydroxylation sites is 1. The van der Waals surface area contributed by atoms with Gasteiger partial charge >= 0.3 is 0 Å². The zero-order chi connectivity index (χ0) is 18.4. The van der Waals surface area contributed by atoms with Crippen LogP contribution in [0.25, 0.3) is 0 Å². The fourth-order valence-corrected chi connectivity index (χ4v) is 3.15. The van der Waals surface area contributed by atoms with Gasteiger partial charge < -0.3 is 9.64 Å². The van der Waals surface area contributed by atoms with Crippen LogP contribution >= 0.6 is 0 Å². The lowest BCUT2D eigenvalue weighted by Crippen LogP contribution is -2.48. The van der Waals surface area contributed by atoms with E-state index in [1.807, 2.05) is 60.4 Å². The molecule has 1 saturated heterocycles. The number of carbonyl (C=O) groups excluding carboxylic acids is 1. The van der Waals surface area contributed by atoms with E-state index in [-0.39, 0.29) is 5.91 Å². The highest BCUT2D eigenvalue weighted by Gasteiger charge is 2.24. The minimum absolute atomic E-state index is 0.0343.